The number of likely N-dealkylation sites (N-methyl/N-ethyl adjacent to an activating group) is 1. The summed E-state index contributed by atoms with van der Waals surface area (Å²) in [6.45, 7) is 7.25. The van der Waals surface area contributed by atoms with Crippen LogP contribution in [0.25, 0.3) is 11.3 Å². The molecule has 112 valence electrons. The fourth-order valence-corrected chi connectivity index (χ4v) is 2.19. The van der Waals surface area contributed by atoms with Gasteiger partial charge in [0.2, 0.25) is 0 Å². The average molecular weight is 287 g/mol. The van der Waals surface area contributed by atoms with E-state index in [4.69, 9.17) is 4.52 Å². The first-order chi connectivity index (χ1) is 10.1. The normalized spacial score (nSPS) is 12.1. The zero-order valence-electron chi connectivity index (χ0n) is 12.6. The second kappa shape index (κ2) is 7.04. The number of hydrogen-bond acceptors (Lipinski definition) is 4. The minimum Gasteiger partial charge on any atom is -0.360 e. The van der Waals surface area contributed by atoms with E-state index >= 15 is 0 Å². The molecular weight excluding hydrogens is 266 g/mol. The van der Waals surface area contributed by atoms with Crippen molar-refractivity contribution in [2.24, 2.45) is 0 Å². The van der Waals surface area contributed by atoms with Crippen LogP contribution in [0.3, 0.4) is 0 Å². The highest BCUT2D eigenvalue weighted by molar-refractivity contribution is 6.00. The molecule has 1 heterocycles. The number of aryl methyl sites for hydroxylation is 1. The Kier molecular flexibility index (Phi) is 5.11. The molecule has 0 aliphatic rings. The molecule has 0 aliphatic carbocycles. The fraction of sp³-hybridized carbons (Fsp3) is 0.375. The molecule has 0 bridgehead atoms. The monoisotopic (exact) mass is 287 g/mol. The van der Waals surface area contributed by atoms with Gasteiger partial charge in [-0.2, -0.15) is 0 Å². The highest BCUT2D eigenvalue weighted by Gasteiger charge is 2.21. The van der Waals surface area contributed by atoms with E-state index in [1.807, 2.05) is 44.2 Å². The molecule has 0 saturated heterocycles. The van der Waals surface area contributed by atoms with E-state index in [1.54, 1.807) is 6.92 Å². The number of benzene rings is 1. The van der Waals surface area contributed by atoms with Crippen LogP contribution in [0.2, 0.25) is 0 Å². The maximum atomic E-state index is 12.4. The first-order valence-corrected chi connectivity index (χ1v) is 7.16. The van der Waals surface area contributed by atoms with Gasteiger partial charge in [0.05, 0.1) is 0 Å². The van der Waals surface area contributed by atoms with Crippen molar-refractivity contribution in [3.05, 3.63) is 41.7 Å². The Labute approximate surface area is 124 Å². The van der Waals surface area contributed by atoms with Crippen molar-refractivity contribution in [3.8, 4) is 11.3 Å². The summed E-state index contributed by atoms with van der Waals surface area (Å²) in [6.07, 6.45) is 0. The van der Waals surface area contributed by atoms with E-state index in [1.165, 1.54) is 0 Å². The van der Waals surface area contributed by atoms with Crippen LogP contribution in [0.5, 0.6) is 0 Å². The minimum absolute atomic E-state index is 0.155. The van der Waals surface area contributed by atoms with E-state index in [-0.39, 0.29) is 11.9 Å². The number of carbonyl (C=O) groups is 1. The van der Waals surface area contributed by atoms with E-state index in [2.05, 4.69) is 15.8 Å². The van der Waals surface area contributed by atoms with Gasteiger partial charge in [-0.25, -0.2) is 0 Å². The van der Waals surface area contributed by atoms with Crippen LogP contribution < -0.4 is 10.6 Å². The van der Waals surface area contributed by atoms with Gasteiger partial charge in [-0.15, -0.1) is 0 Å². The number of nitrogens with one attached hydrogen (secondary N) is 2. The van der Waals surface area contributed by atoms with Crippen molar-refractivity contribution in [2.75, 3.05) is 13.1 Å². The van der Waals surface area contributed by atoms with Gasteiger partial charge in [0.1, 0.15) is 17.0 Å². The van der Waals surface area contributed by atoms with E-state index in [9.17, 15) is 4.79 Å². The Morgan fingerprint density at radius 1 is 1.33 bits per heavy atom. The Bertz CT molecular complexity index is 593. The molecule has 0 aliphatic heterocycles. The van der Waals surface area contributed by atoms with Crippen LogP contribution in [-0.2, 0) is 0 Å². The van der Waals surface area contributed by atoms with Crippen molar-refractivity contribution in [3.63, 3.8) is 0 Å². The van der Waals surface area contributed by atoms with Crippen LogP contribution in [0.1, 0.15) is 30.0 Å². The van der Waals surface area contributed by atoms with Crippen LogP contribution in [0, 0.1) is 6.92 Å². The number of nitrogens with zero attached hydrogens (tertiary/aromatic N) is 1. The lowest BCUT2D eigenvalue weighted by atomic mass is 10.1. The van der Waals surface area contributed by atoms with E-state index < -0.39 is 0 Å². The molecule has 0 saturated carbocycles. The molecule has 1 atom stereocenters. The minimum atomic E-state index is -0.155. The molecule has 5 heteroatoms. The smallest absolute Gasteiger partial charge is 0.257 e. The van der Waals surface area contributed by atoms with E-state index in [0.717, 1.165) is 12.1 Å². The summed E-state index contributed by atoms with van der Waals surface area (Å²) in [7, 11) is 0. The van der Waals surface area contributed by atoms with Gasteiger partial charge in [0, 0.05) is 18.2 Å². The highest BCUT2D eigenvalue weighted by atomic mass is 16.5. The van der Waals surface area contributed by atoms with Gasteiger partial charge >= 0.3 is 0 Å². The lowest BCUT2D eigenvalue weighted by Gasteiger charge is -2.13. The SMILES string of the molecule is CCN[C@H](C)CNC(=O)c1c(-c2ccccc2)noc1C. The Morgan fingerprint density at radius 3 is 2.71 bits per heavy atom. The lowest BCUT2D eigenvalue weighted by Crippen LogP contribution is -2.39. The lowest BCUT2D eigenvalue weighted by molar-refractivity contribution is 0.0949. The van der Waals surface area contributed by atoms with Gasteiger partial charge in [0.25, 0.3) is 5.91 Å². The van der Waals surface area contributed by atoms with Crippen molar-refractivity contribution < 1.29 is 9.32 Å². The number of amides is 1. The van der Waals surface area contributed by atoms with Crippen LogP contribution >= 0.6 is 0 Å². The number of hydrogen-bond donors (Lipinski definition) is 2. The van der Waals surface area contributed by atoms with Crippen LogP contribution in [0.15, 0.2) is 34.9 Å². The third-order valence-electron chi connectivity index (χ3n) is 3.26. The predicted molar refractivity (Wildman–Crippen MR) is 82.1 cm³/mol. The zero-order valence-corrected chi connectivity index (χ0v) is 12.6. The molecule has 21 heavy (non-hydrogen) atoms. The summed E-state index contributed by atoms with van der Waals surface area (Å²) < 4.78 is 5.20. The van der Waals surface area contributed by atoms with Gasteiger partial charge < -0.3 is 15.2 Å². The summed E-state index contributed by atoms with van der Waals surface area (Å²) in [5.74, 6) is 0.375. The molecule has 2 N–H and O–H groups in total. The maximum absolute atomic E-state index is 12.4. The van der Waals surface area contributed by atoms with Gasteiger partial charge in [-0.3, -0.25) is 4.79 Å². The quantitative estimate of drug-likeness (QED) is 0.856. The van der Waals surface area contributed by atoms with Gasteiger partial charge in [-0.1, -0.05) is 42.4 Å². The third-order valence-corrected chi connectivity index (χ3v) is 3.26. The number of rotatable bonds is 6. The first kappa shape index (κ1) is 15.3. The highest BCUT2D eigenvalue weighted by Crippen LogP contribution is 2.24. The van der Waals surface area contributed by atoms with Crippen molar-refractivity contribution in [1.82, 2.24) is 15.8 Å². The van der Waals surface area contributed by atoms with Gasteiger partial charge in [-0.05, 0) is 20.4 Å². The van der Waals surface area contributed by atoms with Crippen molar-refractivity contribution in [1.29, 1.82) is 0 Å². The molecule has 5 nitrogen and oxygen atoms in total. The predicted octanol–water partition coefficient (Wildman–Crippen LogP) is 2.38. The largest absolute Gasteiger partial charge is 0.360 e. The summed E-state index contributed by atoms with van der Waals surface area (Å²) >= 11 is 0. The molecule has 1 aromatic carbocycles. The molecule has 0 radical (unpaired) electrons. The molecule has 0 spiro atoms. The van der Waals surface area contributed by atoms with Gasteiger partial charge in [0.15, 0.2) is 0 Å². The molecule has 2 aromatic rings. The Morgan fingerprint density at radius 2 is 2.05 bits per heavy atom. The maximum Gasteiger partial charge on any atom is 0.257 e. The number of carbonyl (C=O) groups excluding carboxylic acids is 1. The summed E-state index contributed by atoms with van der Waals surface area (Å²) in [6, 6.07) is 9.79. The zero-order chi connectivity index (χ0) is 15.2. The summed E-state index contributed by atoms with van der Waals surface area (Å²) in [5.41, 5.74) is 1.96. The average Bonchev–Trinajstić information content (AvgIpc) is 2.88. The molecular formula is C16H21N3O2. The Balaban J connectivity index is 2.16. The molecule has 0 fully saturated rings. The second-order valence-corrected chi connectivity index (χ2v) is 5.00. The Hall–Kier alpha value is -2.14. The third kappa shape index (κ3) is 3.70. The topological polar surface area (TPSA) is 67.2 Å². The number of aromatic nitrogens is 1. The molecule has 0 unspecified atom stereocenters. The summed E-state index contributed by atoms with van der Waals surface area (Å²) in [4.78, 5) is 12.4. The standard InChI is InChI=1S/C16H21N3O2/c1-4-17-11(2)10-18-16(20)14-12(3)21-19-15(14)13-8-6-5-7-9-13/h5-9,11,17H,4,10H2,1-3H3,(H,18,20)/t11-/m1/s1. The van der Waals surface area contributed by atoms with Crippen LogP contribution in [-0.4, -0.2) is 30.2 Å². The molecule has 2 rings (SSSR count). The second-order valence-electron chi connectivity index (χ2n) is 5.00. The summed E-state index contributed by atoms with van der Waals surface area (Å²) in [5, 5.41) is 10.2. The van der Waals surface area contributed by atoms with Crippen molar-refractivity contribution in [2.45, 2.75) is 26.8 Å². The van der Waals surface area contributed by atoms with E-state index in [0.29, 0.717) is 23.6 Å². The van der Waals surface area contributed by atoms with Crippen LogP contribution in [0.4, 0.5) is 0 Å². The first-order valence-electron chi connectivity index (χ1n) is 7.16. The van der Waals surface area contributed by atoms with Crippen molar-refractivity contribution >= 4 is 5.91 Å². The molecule has 1 aromatic heterocycles. The molecule has 1 amide bonds. The fourth-order valence-electron chi connectivity index (χ4n) is 2.19.